The van der Waals surface area contributed by atoms with Crippen molar-refractivity contribution in [2.45, 2.75) is 51.6 Å². The van der Waals surface area contributed by atoms with Gasteiger partial charge in [0, 0.05) is 18.0 Å². The smallest absolute Gasteiger partial charge is 0.272 e. The van der Waals surface area contributed by atoms with Crippen LogP contribution in [0.5, 0.6) is 0 Å². The number of hydrogen-bond acceptors (Lipinski definition) is 4. The number of carbonyl (C=O) groups excluding carboxylic acids is 1. The summed E-state index contributed by atoms with van der Waals surface area (Å²) in [5, 5.41) is 4.51. The lowest BCUT2D eigenvalue weighted by Crippen LogP contribution is -2.41. The van der Waals surface area contributed by atoms with Crippen molar-refractivity contribution in [1.29, 1.82) is 0 Å². The molecule has 128 valence electrons. The zero-order chi connectivity index (χ0) is 17.3. The van der Waals surface area contributed by atoms with Gasteiger partial charge < -0.3 is 9.88 Å². The molecule has 1 aliphatic heterocycles. The Morgan fingerprint density at radius 3 is 2.83 bits per heavy atom. The zero-order valence-corrected chi connectivity index (χ0v) is 14.3. The molecule has 3 rings (SSSR count). The number of rotatable bonds is 3. The monoisotopic (exact) mass is 329 g/mol. The van der Waals surface area contributed by atoms with Crippen LogP contribution in [0.3, 0.4) is 0 Å². The predicted octanol–water partition coefficient (Wildman–Crippen LogP) is 1.57. The molecule has 0 aliphatic carbocycles. The number of H-pyrrole nitrogens is 1. The molecule has 1 atom stereocenters. The molecule has 1 aliphatic rings. The second kappa shape index (κ2) is 6.22. The third kappa shape index (κ3) is 3.25. The molecule has 7 heteroatoms. The lowest BCUT2D eigenvalue weighted by atomic mass is 9.92. The van der Waals surface area contributed by atoms with Crippen molar-refractivity contribution >= 4 is 5.91 Å². The average Bonchev–Trinajstić information content (AvgIpc) is 3.19. The molecule has 7 nitrogen and oxygen atoms in total. The van der Waals surface area contributed by atoms with Gasteiger partial charge in [-0.05, 0) is 18.9 Å². The molecule has 0 radical (unpaired) electrons. The summed E-state index contributed by atoms with van der Waals surface area (Å²) < 4.78 is 1.49. The SMILES string of the molecule is CC(C)(C)c1ccc(=O)n(CC2CCCN2C(=O)c2cnc[nH]2)n1. The number of aromatic nitrogens is 4. The maximum absolute atomic E-state index is 12.6. The minimum atomic E-state index is -0.135. The van der Waals surface area contributed by atoms with Crippen molar-refractivity contribution in [2.24, 2.45) is 0 Å². The molecule has 24 heavy (non-hydrogen) atoms. The zero-order valence-electron chi connectivity index (χ0n) is 14.3. The maximum Gasteiger partial charge on any atom is 0.272 e. The normalized spacial score (nSPS) is 18.1. The molecule has 3 heterocycles. The van der Waals surface area contributed by atoms with Crippen molar-refractivity contribution in [3.05, 3.63) is 46.4 Å². The minimum Gasteiger partial charge on any atom is -0.341 e. The van der Waals surface area contributed by atoms with Crippen LogP contribution in [0, 0.1) is 0 Å². The van der Waals surface area contributed by atoms with E-state index >= 15 is 0 Å². The van der Waals surface area contributed by atoms with Crippen molar-refractivity contribution in [1.82, 2.24) is 24.6 Å². The number of nitrogens with one attached hydrogen (secondary N) is 1. The second-order valence-electron chi connectivity index (χ2n) is 7.25. The number of amides is 1. The Kier molecular flexibility index (Phi) is 4.26. The highest BCUT2D eigenvalue weighted by Gasteiger charge is 2.31. The molecular formula is C17H23N5O2. The summed E-state index contributed by atoms with van der Waals surface area (Å²) in [5.74, 6) is -0.0741. The van der Waals surface area contributed by atoms with Crippen LogP contribution in [0.4, 0.5) is 0 Å². The molecule has 1 amide bonds. The van der Waals surface area contributed by atoms with Gasteiger partial charge in [0.2, 0.25) is 0 Å². The summed E-state index contributed by atoms with van der Waals surface area (Å²) in [6.07, 6.45) is 4.82. The minimum absolute atomic E-state index is 0.0266. The number of likely N-dealkylation sites (tertiary alicyclic amines) is 1. The maximum atomic E-state index is 12.6. The topological polar surface area (TPSA) is 83.9 Å². The molecule has 1 unspecified atom stereocenters. The van der Waals surface area contributed by atoms with Crippen molar-refractivity contribution in [3.63, 3.8) is 0 Å². The Labute approximate surface area is 140 Å². The fourth-order valence-corrected chi connectivity index (χ4v) is 3.00. The largest absolute Gasteiger partial charge is 0.341 e. The molecule has 0 spiro atoms. The van der Waals surface area contributed by atoms with Crippen molar-refractivity contribution < 1.29 is 4.79 Å². The Balaban J connectivity index is 1.82. The first-order valence-electron chi connectivity index (χ1n) is 8.24. The van der Waals surface area contributed by atoms with Crippen LogP contribution < -0.4 is 5.56 Å². The Morgan fingerprint density at radius 2 is 2.17 bits per heavy atom. The van der Waals surface area contributed by atoms with Gasteiger partial charge in [0.1, 0.15) is 5.69 Å². The molecular weight excluding hydrogens is 306 g/mol. The van der Waals surface area contributed by atoms with Gasteiger partial charge >= 0.3 is 0 Å². The fourth-order valence-electron chi connectivity index (χ4n) is 3.00. The first kappa shape index (κ1) is 16.4. The molecule has 0 saturated carbocycles. The molecule has 2 aromatic rings. The quantitative estimate of drug-likeness (QED) is 0.926. The second-order valence-corrected chi connectivity index (χ2v) is 7.25. The Morgan fingerprint density at radius 1 is 1.38 bits per heavy atom. The van der Waals surface area contributed by atoms with Gasteiger partial charge in [-0.1, -0.05) is 20.8 Å². The molecule has 1 saturated heterocycles. The highest BCUT2D eigenvalue weighted by atomic mass is 16.2. The van der Waals surface area contributed by atoms with E-state index < -0.39 is 0 Å². The lowest BCUT2D eigenvalue weighted by Gasteiger charge is -2.25. The summed E-state index contributed by atoms with van der Waals surface area (Å²) in [5.41, 5.74) is 1.08. The molecule has 2 aromatic heterocycles. The summed E-state index contributed by atoms with van der Waals surface area (Å²) in [6.45, 7) is 7.30. The van der Waals surface area contributed by atoms with Crippen LogP contribution in [0.15, 0.2) is 29.5 Å². The summed E-state index contributed by atoms with van der Waals surface area (Å²) in [7, 11) is 0. The van der Waals surface area contributed by atoms with Gasteiger partial charge in [-0.25, -0.2) is 9.67 Å². The van der Waals surface area contributed by atoms with Gasteiger partial charge in [-0.15, -0.1) is 0 Å². The summed E-state index contributed by atoms with van der Waals surface area (Å²) in [6, 6.07) is 3.31. The standard InChI is InChI=1S/C17H23N5O2/c1-17(2,3)14-6-7-15(23)22(20-14)10-12-5-4-8-21(12)16(24)13-9-18-11-19-13/h6-7,9,11-12H,4-5,8,10H2,1-3H3,(H,18,19). The number of nitrogens with zero attached hydrogens (tertiary/aromatic N) is 4. The molecule has 1 fully saturated rings. The molecule has 0 bridgehead atoms. The van der Waals surface area contributed by atoms with E-state index in [4.69, 9.17) is 0 Å². The average molecular weight is 329 g/mol. The van der Waals surface area contributed by atoms with E-state index in [1.807, 2.05) is 4.90 Å². The Bertz CT molecular complexity index is 773. The highest BCUT2D eigenvalue weighted by Crippen LogP contribution is 2.21. The van der Waals surface area contributed by atoms with Crippen molar-refractivity contribution in [2.75, 3.05) is 6.54 Å². The van der Waals surface area contributed by atoms with E-state index in [2.05, 4.69) is 35.8 Å². The fraction of sp³-hybridized carbons (Fsp3) is 0.529. The van der Waals surface area contributed by atoms with E-state index in [1.165, 1.54) is 17.2 Å². The number of aromatic amines is 1. The van der Waals surface area contributed by atoms with E-state index in [0.29, 0.717) is 18.8 Å². The highest BCUT2D eigenvalue weighted by molar-refractivity contribution is 5.92. The van der Waals surface area contributed by atoms with Crippen LogP contribution >= 0.6 is 0 Å². The van der Waals surface area contributed by atoms with Crippen LogP contribution in [0.2, 0.25) is 0 Å². The van der Waals surface area contributed by atoms with E-state index in [1.54, 1.807) is 12.1 Å². The number of carbonyl (C=O) groups is 1. The Hall–Kier alpha value is -2.44. The molecule has 1 N–H and O–H groups in total. The first-order chi connectivity index (χ1) is 11.4. The van der Waals surface area contributed by atoms with Crippen molar-refractivity contribution in [3.8, 4) is 0 Å². The third-order valence-electron chi connectivity index (χ3n) is 4.39. The third-order valence-corrected chi connectivity index (χ3v) is 4.39. The van der Waals surface area contributed by atoms with Gasteiger partial charge in [0.15, 0.2) is 0 Å². The van der Waals surface area contributed by atoms with Crippen LogP contribution in [0.1, 0.15) is 49.8 Å². The lowest BCUT2D eigenvalue weighted by molar-refractivity contribution is 0.0714. The van der Waals surface area contributed by atoms with Crippen LogP contribution in [0.25, 0.3) is 0 Å². The van der Waals surface area contributed by atoms with Gasteiger partial charge in [0.05, 0.1) is 30.8 Å². The van der Waals surface area contributed by atoms with E-state index in [0.717, 1.165) is 18.5 Å². The number of imidazole rings is 1. The first-order valence-corrected chi connectivity index (χ1v) is 8.24. The van der Waals surface area contributed by atoms with Gasteiger partial charge in [0.25, 0.3) is 11.5 Å². The van der Waals surface area contributed by atoms with Crippen LogP contribution in [-0.4, -0.2) is 43.1 Å². The predicted molar refractivity (Wildman–Crippen MR) is 89.8 cm³/mol. The number of hydrogen-bond donors (Lipinski definition) is 1. The summed E-state index contributed by atoms with van der Waals surface area (Å²) >= 11 is 0. The van der Waals surface area contributed by atoms with Gasteiger partial charge in [-0.2, -0.15) is 5.10 Å². The summed E-state index contributed by atoms with van der Waals surface area (Å²) in [4.78, 5) is 33.3. The van der Waals surface area contributed by atoms with Crippen LogP contribution in [-0.2, 0) is 12.0 Å². The van der Waals surface area contributed by atoms with Gasteiger partial charge in [-0.3, -0.25) is 9.59 Å². The van der Waals surface area contributed by atoms with E-state index in [9.17, 15) is 9.59 Å². The van der Waals surface area contributed by atoms with E-state index in [-0.39, 0.29) is 22.9 Å². The molecule has 0 aromatic carbocycles.